The quantitative estimate of drug-likeness (QED) is 0.553. The molecule has 1 fully saturated rings. The number of aliphatic hydroxyl groups excluding tert-OH is 1. The van der Waals surface area contributed by atoms with Gasteiger partial charge in [-0.2, -0.15) is 0 Å². The highest BCUT2D eigenvalue weighted by molar-refractivity contribution is 5.91. The number of carboxylic acids is 1. The van der Waals surface area contributed by atoms with Crippen LogP contribution in [0, 0.1) is 0 Å². The summed E-state index contributed by atoms with van der Waals surface area (Å²) in [5.41, 5.74) is -0.156. The van der Waals surface area contributed by atoms with E-state index in [1.165, 1.54) is 46.5 Å². The van der Waals surface area contributed by atoms with Crippen LogP contribution in [0.15, 0.2) is 18.2 Å². The van der Waals surface area contributed by atoms with Crippen molar-refractivity contribution in [3.8, 4) is 11.5 Å². The summed E-state index contributed by atoms with van der Waals surface area (Å²) in [7, 11) is 4.28. The van der Waals surface area contributed by atoms with Crippen LogP contribution in [0.2, 0.25) is 0 Å². The van der Waals surface area contributed by atoms with Gasteiger partial charge in [-0.3, -0.25) is 4.79 Å². The first-order valence-electron chi connectivity index (χ1n) is 8.52. The lowest BCUT2D eigenvalue weighted by Gasteiger charge is -2.43. The maximum atomic E-state index is 11.6. The molecule has 0 spiro atoms. The van der Waals surface area contributed by atoms with Crippen LogP contribution in [0.4, 0.5) is 0 Å². The molecule has 5 atom stereocenters. The molecule has 0 saturated carbocycles. The number of hydrogen-bond acceptors (Lipinski definition) is 8. The second-order valence-electron chi connectivity index (χ2n) is 6.20. The van der Waals surface area contributed by atoms with Crippen molar-refractivity contribution in [3.63, 3.8) is 0 Å². The zero-order chi connectivity index (χ0) is 20.8. The number of rotatable bonds is 8. The highest BCUT2D eigenvalue weighted by Gasteiger charge is 2.47. The first-order valence-corrected chi connectivity index (χ1v) is 8.52. The number of benzene rings is 1. The van der Waals surface area contributed by atoms with Crippen LogP contribution in [0.5, 0.6) is 11.5 Å². The van der Waals surface area contributed by atoms with Crippen molar-refractivity contribution >= 4 is 11.9 Å². The van der Waals surface area contributed by atoms with Crippen molar-refractivity contribution in [1.29, 1.82) is 0 Å². The molecule has 156 valence electrons. The number of amides is 1. The summed E-state index contributed by atoms with van der Waals surface area (Å²) in [5, 5.41) is 22.7. The van der Waals surface area contributed by atoms with Gasteiger partial charge in [-0.05, 0) is 18.2 Å². The lowest BCUT2D eigenvalue weighted by atomic mass is 9.96. The van der Waals surface area contributed by atoms with Crippen LogP contribution < -0.4 is 14.8 Å². The van der Waals surface area contributed by atoms with Gasteiger partial charge in [0, 0.05) is 21.1 Å². The molecule has 1 aliphatic heterocycles. The average molecular weight is 399 g/mol. The summed E-state index contributed by atoms with van der Waals surface area (Å²) in [6, 6.07) is 3.24. The van der Waals surface area contributed by atoms with E-state index in [0.717, 1.165) is 0 Å². The van der Waals surface area contributed by atoms with Crippen molar-refractivity contribution in [3.05, 3.63) is 23.8 Å². The molecule has 1 aromatic rings. The molecule has 3 N–H and O–H groups in total. The van der Waals surface area contributed by atoms with Gasteiger partial charge in [-0.1, -0.05) is 0 Å². The topological polar surface area (TPSA) is 133 Å². The maximum absolute atomic E-state index is 11.6. The minimum absolute atomic E-state index is 0.00659. The van der Waals surface area contributed by atoms with E-state index < -0.39 is 42.5 Å². The molecule has 2 unspecified atom stereocenters. The van der Waals surface area contributed by atoms with Gasteiger partial charge < -0.3 is 39.2 Å². The number of methoxy groups -OCH3 is 3. The smallest absolute Gasteiger partial charge is 0.339 e. The van der Waals surface area contributed by atoms with Crippen LogP contribution in [0.25, 0.3) is 0 Å². The number of aromatic carboxylic acids is 1. The molecule has 1 aromatic carbocycles. The summed E-state index contributed by atoms with van der Waals surface area (Å²) >= 11 is 0. The Kier molecular flexibility index (Phi) is 7.58. The molecule has 28 heavy (non-hydrogen) atoms. The molecule has 1 amide bonds. The Morgan fingerprint density at radius 1 is 1.25 bits per heavy atom. The van der Waals surface area contributed by atoms with Gasteiger partial charge in [0.25, 0.3) is 0 Å². The SMILES string of the molecule is COCC1O[C@@H](Oc2ccc(OC)cc2C(=O)O)C(NC(C)=O)[C@@H](O)[C@H]1OC. The number of nitrogens with one attached hydrogen (secondary N) is 1. The molecule has 10 nitrogen and oxygen atoms in total. The van der Waals surface area contributed by atoms with Gasteiger partial charge in [-0.15, -0.1) is 0 Å². The van der Waals surface area contributed by atoms with Gasteiger partial charge >= 0.3 is 5.97 Å². The van der Waals surface area contributed by atoms with E-state index in [0.29, 0.717) is 5.75 Å². The largest absolute Gasteiger partial charge is 0.497 e. The monoisotopic (exact) mass is 399 g/mol. The van der Waals surface area contributed by atoms with Crippen molar-refractivity contribution in [1.82, 2.24) is 5.32 Å². The highest BCUT2D eigenvalue weighted by atomic mass is 16.7. The normalized spacial score (nSPS) is 27.1. The minimum Gasteiger partial charge on any atom is -0.497 e. The number of carboxylic acid groups (broad SMARTS) is 1. The second-order valence-corrected chi connectivity index (χ2v) is 6.20. The zero-order valence-electron chi connectivity index (χ0n) is 16.1. The summed E-state index contributed by atoms with van der Waals surface area (Å²) < 4.78 is 27.0. The first kappa shape index (κ1) is 21.9. The fraction of sp³-hybridized carbons (Fsp3) is 0.556. The number of aliphatic hydroxyl groups is 1. The lowest BCUT2D eigenvalue weighted by Crippen LogP contribution is -2.65. The molecule has 0 aliphatic carbocycles. The molecule has 2 rings (SSSR count). The van der Waals surface area contributed by atoms with E-state index in [-0.39, 0.29) is 17.9 Å². The zero-order valence-corrected chi connectivity index (χ0v) is 16.1. The first-order chi connectivity index (χ1) is 13.3. The van der Waals surface area contributed by atoms with Crippen LogP contribution in [0.1, 0.15) is 17.3 Å². The van der Waals surface area contributed by atoms with Crippen molar-refractivity contribution < 1.29 is 43.5 Å². The van der Waals surface area contributed by atoms with Crippen molar-refractivity contribution in [2.24, 2.45) is 0 Å². The number of carbonyl (C=O) groups excluding carboxylic acids is 1. The Hall–Kier alpha value is -2.40. The Bertz CT molecular complexity index is 696. The van der Waals surface area contributed by atoms with Crippen LogP contribution in [-0.4, -0.2) is 80.7 Å². The van der Waals surface area contributed by atoms with Gasteiger partial charge in [0.1, 0.15) is 41.4 Å². The molecular weight excluding hydrogens is 374 g/mol. The molecule has 0 radical (unpaired) electrons. The van der Waals surface area contributed by atoms with Crippen LogP contribution >= 0.6 is 0 Å². The van der Waals surface area contributed by atoms with Crippen molar-refractivity contribution in [2.45, 2.75) is 37.6 Å². The minimum atomic E-state index is -1.23. The Morgan fingerprint density at radius 3 is 2.50 bits per heavy atom. The second kappa shape index (κ2) is 9.69. The van der Waals surface area contributed by atoms with Gasteiger partial charge in [0.15, 0.2) is 0 Å². The Morgan fingerprint density at radius 2 is 1.96 bits per heavy atom. The van der Waals surface area contributed by atoms with Gasteiger partial charge in [0.05, 0.1) is 13.7 Å². The van der Waals surface area contributed by atoms with E-state index in [9.17, 15) is 19.8 Å². The average Bonchev–Trinajstić information content (AvgIpc) is 2.65. The lowest BCUT2D eigenvalue weighted by molar-refractivity contribution is -0.251. The van der Waals surface area contributed by atoms with Gasteiger partial charge in [-0.25, -0.2) is 4.79 Å². The summed E-state index contributed by atoms with van der Waals surface area (Å²) in [4.78, 5) is 23.2. The number of carbonyl (C=O) groups is 2. The fourth-order valence-corrected chi connectivity index (χ4v) is 3.03. The summed E-state index contributed by atoms with van der Waals surface area (Å²) in [6.07, 6.45) is -3.85. The molecule has 1 saturated heterocycles. The van der Waals surface area contributed by atoms with Gasteiger partial charge in [0.2, 0.25) is 12.2 Å². The predicted octanol–water partition coefficient (Wildman–Crippen LogP) is 0.0241. The van der Waals surface area contributed by atoms with E-state index in [2.05, 4.69) is 5.32 Å². The molecule has 0 aromatic heterocycles. The number of hydrogen-bond donors (Lipinski definition) is 3. The van der Waals surface area contributed by atoms with E-state index in [4.69, 9.17) is 23.7 Å². The summed E-state index contributed by atoms with van der Waals surface area (Å²) in [6.45, 7) is 1.37. The van der Waals surface area contributed by atoms with Crippen LogP contribution in [0.3, 0.4) is 0 Å². The van der Waals surface area contributed by atoms with Crippen LogP contribution in [-0.2, 0) is 19.0 Å². The van der Waals surface area contributed by atoms with E-state index in [1.807, 2.05) is 0 Å². The summed E-state index contributed by atoms with van der Waals surface area (Å²) in [5.74, 6) is -1.32. The third kappa shape index (κ3) is 4.90. The van der Waals surface area contributed by atoms with Crippen molar-refractivity contribution in [2.75, 3.05) is 27.9 Å². The molecular formula is C18H25NO9. The molecule has 10 heteroatoms. The Balaban J connectivity index is 2.36. The van der Waals surface area contributed by atoms with E-state index >= 15 is 0 Å². The van der Waals surface area contributed by atoms with E-state index in [1.54, 1.807) is 0 Å². The molecule has 1 aliphatic rings. The third-order valence-electron chi connectivity index (χ3n) is 4.31. The maximum Gasteiger partial charge on any atom is 0.339 e. The number of ether oxygens (including phenoxy) is 5. The molecule has 1 heterocycles. The third-order valence-corrected chi connectivity index (χ3v) is 4.31. The molecule has 0 bridgehead atoms. The highest BCUT2D eigenvalue weighted by Crippen LogP contribution is 2.30. The Labute approximate surface area is 162 Å². The fourth-order valence-electron chi connectivity index (χ4n) is 3.03. The predicted molar refractivity (Wildman–Crippen MR) is 95.5 cm³/mol. The standard InChI is InChI=1S/C18H25NO9/c1-9(20)19-14-15(21)16(26-4)13(8-24-2)28-18(14)27-12-6-5-10(25-3)7-11(12)17(22)23/h5-7,13-16,18,21H,8H2,1-4H3,(H,19,20)(H,22,23)/t13?,14?,15-,16+,18-/m1/s1.